The van der Waals surface area contributed by atoms with Gasteiger partial charge in [0.2, 0.25) is 0 Å². The Morgan fingerprint density at radius 2 is 2.05 bits per heavy atom. The van der Waals surface area contributed by atoms with Gasteiger partial charge in [-0.3, -0.25) is 4.99 Å². The Kier molecular flexibility index (Phi) is 3.41. The van der Waals surface area contributed by atoms with Crippen LogP contribution in [-0.4, -0.2) is 6.21 Å². The van der Waals surface area contributed by atoms with E-state index in [4.69, 9.17) is 0 Å². The summed E-state index contributed by atoms with van der Waals surface area (Å²) in [5, 5.41) is 0. The zero-order valence-electron chi connectivity index (χ0n) is 12.2. The summed E-state index contributed by atoms with van der Waals surface area (Å²) >= 11 is 3.41. The van der Waals surface area contributed by atoms with Gasteiger partial charge in [-0.25, -0.2) is 4.39 Å². The average molecular weight is 358 g/mol. The molecule has 1 heterocycles. The molecule has 0 amide bonds. The molecular formula is C19H17BrFN. The first kappa shape index (κ1) is 14.1. The Hall–Kier alpha value is -1.48. The van der Waals surface area contributed by atoms with Crippen LogP contribution < -0.4 is 0 Å². The number of aliphatic imine (C=N–C) groups is 1. The second kappa shape index (κ2) is 5.31. The predicted octanol–water partition coefficient (Wildman–Crippen LogP) is 5.90. The fourth-order valence-corrected chi connectivity index (χ4v) is 4.52. The number of benzene rings is 2. The molecule has 1 aliphatic carbocycles. The maximum Gasteiger partial charge on any atom is 0.124 e. The smallest absolute Gasteiger partial charge is 0.124 e. The van der Waals surface area contributed by atoms with E-state index in [1.54, 1.807) is 6.07 Å². The van der Waals surface area contributed by atoms with Gasteiger partial charge in [-0.05, 0) is 60.6 Å². The normalized spacial score (nSPS) is 26.4. The second-order valence-corrected chi connectivity index (χ2v) is 7.34. The summed E-state index contributed by atoms with van der Waals surface area (Å²) in [6.07, 6.45) is 6.56. The van der Waals surface area contributed by atoms with Gasteiger partial charge >= 0.3 is 0 Å². The Bertz CT molecular complexity index is 735. The molecule has 0 N–H and O–H groups in total. The lowest BCUT2D eigenvalue weighted by Gasteiger charge is -2.37. The van der Waals surface area contributed by atoms with E-state index >= 15 is 0 Å². The van der Waals surface area contributed by atoms with Crippen molar-refractivity contribution in [2.45, 2.75) is 37.0 Å². The van der Waals surface area contributed by atoms with Crippen LogP contribution in [-0.2, 0) is 5.41 Å². The highest BCUT2D eigenvalue weighted by molar-refractivity contribution is 9.10. The van der Waals surface area contributed by atoms with Gasteiger partial charge < -0.3 is 0 Å². The largest absolute Gasteiger partial charge is 0.260 e. The third-order valence-electron chi connectivity index (χ3n) is 5.03. The fourth-order valence-electron chi connectivity index (χ4n) is 4.03. The van der Waals surface area contributed by atoms with Crippen LogP contribution in [0.15, 0.2) is 51.9 Å². The first-order valence-corrected chi connectivity index (χ1v) is 8.56. The monoisotopic (exact) mass is 357 g/mol. The van der Waals surface area contributed by atoms with Crippen molar-refractivity contribution in [1.82, 2.24) is 0 Å². The number of rotatable bonds is 1. The standard InChI is InChI=1S/C19H17BrFN/c20-15-8-14(9-16(21)10-15)13-4-3-7-19(11-13)12-22-18-6-2-1-5-17(18)19/h1-2,5-6,8-10,12-13H,3-4,7,11H2. The molecule has 2 aromatic carbocycles. The molecule has 1 spiro atoms. The number of hydrogen-bond acceptors (Lipinski definition) is 1. The van der Waals surface area contributed by atoms with Gasteiger partial charge in [-0.2, -0.15) is 0 Å². The zero-order valence-corrected chi connectivity index (χ0v) is 13.8. The average Bonchev–Trinajstić information content (AvgIpc) is 2.85. The molecule has 1 saturated carbocycles. The van der Waals surface area contributed by atoms with Gasteiger partial charge in [0.05, 0.1) is 5.69 Å². The van der Waals surface area contributed by atoms with E-state index in [0.29, 0.717) is 5.92 Å². The molecule has 0 saturated heterocycles. The summed E-state index contributed by atoms with van der Waals surface area (Å²) in [4.78, 5) is 4.63. The van der Waals surface area contributed by atoms with E-state index in [-0.39, 0.29) is 11.2 Å². The number of halogens is 2. The van der Waals surface area contributed by atoms with E-state index in [9.17, 15) is 4.39 Å². The summed E-state index contributed by atoms with van der Waals surface area (Å²) in [6, 6.07) is 13.7. The molecule has 0 aromatic heterocycles. The Morgan fingerprint density at radius 1 is 1.18 bits per heavy atom. The van der Waals surface area contributed by atoms with Crippen LogP contribution in [0.3, 0.4) is 0 Å². The van der Waals surface area contributed by atoms with Crippen LogP contribution in [0.1, 0.15) is 42.7 Å². The summed E-state index contributed by atoms with van der Waals surface area (Å²) in [6.45, 7) is 0. The lowest BCUT2D eigenvalue weighted by atomic mass is 9.66. The van der Waals surface area contributed by atoms with E-state index < -0.39 is 0 Å². The molecule has 4 rings (SSSR count). The molecule has 2 unspecified atom stereocenters. The van der Waals surface area contributed by atoms with Gasteiger partial charge in [0, 0.05) is 16.1 Å². The minimum Gasteiger partial charge on any atom is -0.260 e. The molecule has 2 atom stereocenters. The van der Waals surface area contributed by atoms with Crippen LogP contribution in [0.5, 0.6) is 0 Å². The van der Waals surface area contributed by atoms with Crippen LogP contribution >= 0.6 is 15.9 Å². The van der Waals surface area contributed by atoms with Crippen LogP contribution in [0.4, 0.5) is 10.1 Å². The molecular weight excluding hydrogens is 341 g/mol. The maximum atomic E-state index is 13.7. The molecule has 1 aliphatic heterocycles. The lowest BCUT2D eigenvalue weighted by molar-refractivity contribution is 0.348. The molecule has 2 aromatic rings. The summed E-state index contributed by atoms with van der Waals surface area (Å²) in [5.74, 6) is 0.225. The number of fused-ring (bicyclic) bond motifs is 2. The lowest BCUT2D eigenvalue weighted by Crippen LogP contribution is -2.32. The maximum absolute atomic E-state index is 13.7. The molecule has 2 aliphatic rings. The number of para-hydroxylation sites is 1. The summed E-state index contributed by atoms with van der Waals surface area (Å²) in [7, 11) is 0. The van der Waals surface area contributed by atoms with Crippen molar-refractivity contribution < 1.29 is 4.39 Å². The SMILES string of the molecule is Fc1cc(Br)cc(C2CCCC3(C=Nc4ccccc43)C2)c1. The Morgan fingerprint density at radius 3 is 2.91 bits per heavy atom. The van der Waals surface area contributed by atoms with Crippen molar-refractivity contribution in [2.24, 2.45) is 4.99 Å². The minimum atomic E-state index is -0.163. The molecule has 1 fully saturated rings. The molecule has 3 heteroatoms. The minimum absolute atomic E-state index is 0.0400. The van der Waals surface area contributed by atoms with Gasteiger partial charge in [0.15, 0.2) is 0 Å². The third-order valence-corrected chi connectivity index (χ3v) is 5.49. The Labute approximate surface area is 138 Å². The third kappa shape index (κ3) is 2.32. The van der Waals surface area contributed by atoms with E-state index in [0.717, 1.165) is 41.4 Å². The topological polar surface area (TPSA) is 12.4 Å². The van der Waals surface area contributed by atoms with Crippen molar-refractivity contribution in [3.63, 3.8) is 0 Å². The summed E-state index contributed by atoms with van der Waals surface area (Å²) < 4.78 is 14.6. The number of nitrogens with zero attached hydrogens (tertiary/aromatic N) is 1. The van der Waals surface area contributed by atoms with Gasteiger partial charge in [0.25, 0.3) is 0 Å². The molecule has 112 valence electrons. The summed E-state index contributed by atoms with van der Waals surface area (Å²) in [5.41, 5.74) is 3.58. The first-order valence-electron chi connectivity index (χ1n) is 7.77. The molecule has 1 nitrogen and oxygen atoms in total. The zero-order chi connectivity index (χ0) is 15.2. The number of hydrogen-bond donors (Lipinski definition) is 0. The first-order chi connectivity index (χ1) is 10.7. The molecule has 0 radical (unpaired) electrons. The van der Waals surface area contributed by atoms with E-state index in [1.807, 2.05) is 6.07 Å². The van der Waals surface area contributed by atoms with Crippen molar-refractivity contribution in [3.8, 4) is 0 Å². The van der Waals surface area contributed by atoms with E-state index in [2.05, 4.69) is 51.4 Å². The molecule has 0 bridgehead atoms. The van der Waals surface area contributed by atoms with E-state index in [1.165, 1.54) is 11.6 Å². The second-order valence-electron chi connectivity index (χ2n) is 6.43. The predicted molar refractivity (Wildman–Crippen MR) is 91.6 cm³/mol. The highest BCUT2D eigenvalue weighted by Crippen LogP contribution is 2.50. The van der Waals surface area contributed by atoms with Crippen molar-refractivity contribution >= 4 is 27.8 Å². The van der Waals surface area contributed by atoms with Crippen molar-refractivity contribution in [3.05, 3.63) is 63.9 Å². The van der Waals surface area contributed by atoms with Crippen molar-refractivity contribution in [2.75, 3.05) is 0 Å². The highest BCUT2D eigenvalue weighted by Gasteiger charge is 2.41. The van der Waals surface area contributed by atoms with Gasteiger partial charge in [-0.15, -0.1) is 0 Å². The van der Waals surface area contributed by atoms with Crippen LogP contribution in [0.25, 0.3) is 0 Å². The quantitative estimate of drug-likeness (QED) is 0.602. The van der Waals surface area contributed by atoms with Crippen LogP contribution in [0.2, 0.25) is 0 Å². The van der Waals surface area contributed by atoms with Gasteiger partial charge in [-0.1, -0.05) is 40.5 Å². The molecule has 22 heavy (non-hydrogen) atoms. The van der Waals surface area contributed by atoms with Crippen molar-refractivity contribution in [1.29, 1.82) is 0 Å². The Balaban J connectivity index is 1.70. The highest BCUT2D eigenvalue weighted by atomic mass is 79.9. The van der Waals surface area contributed by atoms with Crippen LogP contribution in [0, 0.1) is 5.82 Å². The fraction of sp³-hybridized carbons (Fsp3) is 0.316. The van der Waals surface area contributed by atoms with Gasteiger partial charge in [0.1, 0.15) is 5.82 Å².